The number of hydrogen-bond donors (Lipinski definition) is 0. The van der Waals surface area contributed by atoms with Gasteiger partial charge in [-0.3, -0.25) is 0 Å². The summed E-state index contributed by atoms with van der Waals surface area (Å²) in [6, 6.07) is 10.8. The minimum atomic E-state index is -0.0137. The van der Waals surface area contributed by atoms with E-state index < -0.39 is 0 Å². The zero-order chi connectivity index (χ0) is 12.4. The van der Waals surface area contributed by atoms with Crippen LogP contribution in [0.1, 0.15) is 38.7 Å². The molecule has 0 amide bonds. The average Bonchev–Trinajstić information content (AvgIpc) is 2.80. The molecule has 2 aromatic rings. The summed E-state index contributed by atoms with van der Waals surface area (Å²) in [6.07, 6.45) is 1.08. The Labute approximate surface area is 112 Å². The average molecular weight is 265 g/mol. The molecule has 1 aromatic heterocycles. The van der Waals surface area contributed by atoms with Crippen LogP contribution in [0.5, 0.6) is 0 Å². The normalized spacial score (nSPS) is 12.7. The molecule has 90 valence electrons. The Bertz CT molecular complexity index is 513. The third-order valence-corrected chi connectivity index (χ3v) is 4.88. The maximum atomic E-state index is 6.59. The van der Waals surface area contributed by atoms with Crippen LogP contribution in [0.25, 0.3) is 0 Å². The first-order valence-electron chi connectivity index (χ1n) is 5.91. The van der Waals surface area contributed by atoms with E-state index in [4.69, 9.17) is 11.6 Å². The van der Waals surface area contributed by atoms with Gasteiger partial charge in [0.25, 0.3) is 0 Å². The fourth-order valence-corrected chi connectivity index (χ4v) is 3.30. The summed E-state index contributed by atoms with van der Waals surface area (Å²) in [5.74, 6) is 0. The van der Waals surface area contributed by atoms with Crippen LogP contribution >= 0.6 is 22.9 Å². The SMILES string of the molecule is CCc1ccc(C(Cl)c2cc(C)ccc2C)s1. The van der Waals surface area contributed by atoms with Crippen LogP contribution in [0.4, 0.5) is 0 Å². The molecule has 1 unspecified atom stereocenters. The van der Waals surface area contributed by atoms with E-state index in [-0.39, 0.29) is 5.38 Å². The maximum Gasteiger partial charge on any atom is 0.0930 e. The Morgan fingerprint density at radius 2 is 1.94 bits per heavy atom. The Hall–Kier alpha value is -0.790. The molecule has 0 radical (unpaired) electrons. The van der Waals surface area contributed by atoms with E-state index in [0.29, 0.717) is 0 Å². The molecular formula is C15H17ClS. The van der Waals surface area contributed by atoms with Crippen LogP contribution in [-0.2, 0) is 6.42 Å². The largest absolute Gasteiger partial charge is 0.143 e. The summed E-state index contributed by atoms with van der Waals surface area (Å²) >= 11 is 8.41. The molecule has 2 heteroatoms. The highest BCUT2D eigenvalue weighted by Crippen LogP contribution is 2.35. The molecule has 1 aromatic carbocycles. The van der Waals surface area contributed by atoms with Crippen LogP contribution in [0.2, 0.25) is 0 Å². The zero-order valence-corrected chi connectivity index (χ0v) is 12.0. The summed E-state index contributed by atoms with van der Waals surface area (Å²) < 4.78 is 0. The molecule has 1 heterocycles. The number of halogens is 1. The van der Waals surface area contributed by atoms with Crippen molar-refractivity contribution in [2.75, 3.05) is 0 Å². The number of aryl methyl sites for hydroxylation is 3. The van der Waals surface area contributed by atoms with Crippen molar-refractivity contribution in [1.29, 1.82) is 0 Å². The molecule has 0 aliphatic heterocycles. The fourth-order valence-electron chi connectivity index (χ4n) is 1.91. The van der Waals surface area contributed by atoms with Crippen LogP contribution in [0.3, 0.4) is 0 Å². The monoisotopic (exact) mass is 264 g/mol. The van der Waals surface area contributed by atoms with Crippen molar-refractivity contribution in [2.45, 2.75) is 32.6 Å². The molecule has 0 aliphatic carbocycles. The van der Waals surface area contributed by atoms with Gasteiger partial charge in [-0.15, -0.1) is 22.9 Å². The molecule has 0 aliphatic rings. The number of thiophene rings is 1. The molecular weight excluding hydrogens is 248 g/mol. The highest BCUT2D eigenvalue weighted by Gasteiger charge is 2.15. The quantitative estimate of drug-likeness (QED) is 0.664. The fraction of sp³-hybridized carbons (Fsp3) is 0.333. The Morgan fingerprint density at radius 1 is 1.18 bits per heavy atom. The standard InChI is InChI=1S/C15H17ClS/c1-4-12-7-8-14(17-12)15(16)13-9-10(2)5-6-11(13)3/h5-9,15H,4H2,1-3H3. The second kappa shape index (κ2) is 5.24. The molecule has 0 bridgehead atoms. The van der Waals surface area contributed by atoms with E-state index in [0.717, 1.165) is 6.42 Å². The maximum absolute atomic E-state index is 6.59. The molecule has 0 saturated heterocycles. The van der Waals surface area contributed by atoms with Gasteiger partial charge in [0.2, 0.25) is 0 Å². The first-order valence-corrected chi connectivity index (χ1v) is 7.17. The van der Waals surface area contributed by atoms with E-state index in [2.05, 4.69) is 51.1 Å². The number of alkyl halides is 1. The highest BCUT2D eigenvalue weighted by atomic mass is 35.5. The smallest absolute Gasteiger partial charge is 0.0930 e. The van der Waals surface area contributed by atoms with Crippen LogP contribution < -0.4 is 0 Å². The van der Waals surface area contributed by atoms with Gasteiger partial charge in [-0.1, -0.05) is 30.7 Å². The van der Waals surface area contributed by atoms with Gasteiger partial charge in [-0.25, -0.2) is 0 Å². The van der Waals surface area contributed by atoms with Crippen molar-refractivity contribution in [3.05, 3.63) is 56.8 Å². The van der Waals surface area contributed by atoms with Gasteiger partial charge in [0.05, 0.1) is 5.38 Å². The van der Waals surface area contributed by atoms with Gasteiger partial charge in [-0.05, 0) is 43.5 Å². The number of rotatable bonds is 3. The van der Waals surface area contributed by atoms with Crippen LogP contribution in [-0.4, -0.2) is 0 Å². The van der Waals surface area contributed by atoms with Gasteiger partial charge < -0.3 is 0 Å². The van der Waals surface area contributed by atoms with Crippen molar-refractivity contribution >= 4 is 22.9 Å². The topological polar surface area (TPSA) is 0 Å². The predicted octanol–water partition coefficient (Wildman–Crippen LogP) is 5.26. The second-order valence-electron chi connectivity index (χ2n) is 4.38. The number of hydrogen-bond acceptors (Lipinski definition) is 1. The summed E-state index contributed by atoms with van der Waals surface area (Å²) in [4.78, 5) is 2.65. The Morgan fingerprint density at radius 3 is 2.59 bits per heavy atom. The van der Waals surface area contributed by atoms with Crippen molar-refractivity contribution in [2.24, 2.45) is 0 Å². The summed E-state index contributed by atoms with van der Waals surface area (Å²) in [5.41, 5.74) is 3.77. The molecule has 1 atom stereocenters. The first-order chi connectivity index (χ1) is 8.11. The minimum Gasteiger partial charge on any atom is -0.143 e. The van der Waals surface area contributed by atoms with E-state index in [1.165, 1.54) is 26.4 Å². The highest BCUT2D eigenvalue weighted by molar-refractivity contribution is 7.12. The van der Waals surface area contributed by atoms with E-state index in [1.807, 2.05) is 11.3 Å². The Kier molecular flexibility index (Phi) is 3.90. The molecule has 0 N–H and O–H groups in total. The van der Waals surface area contributed by atoms with Crippen LogP contribution in [0.15, 0.2) is 30.3 Å². The van der Waals surface area contributed by atoms with Crippen molar-refractivity contribution in [3.63, 3.8) is 0 Å². The van der Waals surface area contributed by atoms with Gasteiger partial charge >= 0.3 is 0 Å². The van der Waals surface area contributed by atoms with Crippen LogP contribution in [0, 0.1) is 13.8 Å². The summed E-state index contributed by atoms with van der Waals surface area (Å²) in [5, 5.41) is -0.0137. The van der Waals surface area contributed by atoms with Gasteiger partial charge in [-0.2, -0.15) is 0 Å². The molecule has 17 heavy (non-hydrogen) atoms. The van der Waals surface area contributed by atoms with Gasteiger partial charge in [0.15, 0.2) is 0 Å². The van der Waals surface area contributed by atoms with Crippen molar-refractivity contribution in [1.82, 2.24) is 0 Å². The molecule has 2 rings (SSSR count). The van der Waals surface area contributed by atoms with Gasteiger partial charge in [0, 0.05) is 9.75 Å². The second-order valence-corrected chi connectivity index (χ2v) is 6.02. The lowest BCUT2D eigenvalue weighted by Gasteiger charge is -2.12. The number of benzene rings is 1. The van der Waals surface area contributed by atoms with E-state index in [9.17, 15) is 0 Å². The Balaban J connectivity index is 2.35. The zero-order valence-electron chi connectivity index (χ0n) is 10.5. The molecule has 0 spiro atoms. The first kappa shape index (κ1) is 12.7. The summed E-state index contributed by atoms with van der Waals surface area (Å²) in [6.45, 7) is 6.41. The van der Waals surface area contributed by atoms with Crippen molar-refractivity contribution < 1.29 is 0 Å². The minimum absolute atomic E-state index is 0.0137. The lowest BCUT2D eigenvalue weighted by molar-refractivity contribution is 1.13. The molecule has 0 saturated carbocycles. The van der Waals surface area contributed by atoms with Crippen molar-refractivity contribution in [3.8, 4) is 0 Å². The molecule has 0 fully saturated rings. The van der Waals surface area contributed by atoms with E-state index >= 15 is 0 Å². The predicted molar refractivity (Wildman–Crippen MR) is 77.3 cm³/mol. The lowest BCUT2D eigenvalue weighted by atomic mass is 10.0. The third kappa shape index (κ3) is 2.72. The lowest BCUT2D eigenvalue weighted by Crippen LogP contribution is -1.94. The van der Waals surface area contributed by atoms with Gasteiger partial charge in [0.1, 0.15) is 0 Å². The third-order valence-electron chi connectivity index (χ3n) is 2.99. The molecule has 0 nitrogen and oxygen atoms in total. The van der Waals surface area contributed by atoms with E-state index in [1.54, 1.807) is 0 Å². The summed E-state index contributed by atoms with van der Waals surface area (Å²) in [7, 11) is 0.